The van der Waals surface area contributed by atoms with Crippen LogP contribution in [-0.2, 0) is 14.4 Å². The summed E-state index contributed by atoms with van der Waals surface area (Å²) in [6.07, 6.45) is 1.46. The van der Waals surface area contributed by atoms with Gasteiger partial charge in [-0.05, 0) is 35.9 Å². The molecular formula is C21H18FN5O3. The highest BCUT2D eigenvalue weighted by molar-refractivity contribution is 6.03. The lowest BCUT2D eigenvalue weighted by molar-refractivity contribution is -0.125. The average Bonchev–Trinajstić information content (AvgIpc) is 3.11. The first kappa shape index (κ1) is 19.3. The Morgan fingerprint density at radius 1 is 1.13 bits per heavy atom. The smallest absolute Gasteiger partial charge is 0.249 e. The molecular weight excluding hydrogens is 389 g/mol. The van der Waals surface area contributed by atoms with E-state index in [-0.39, 0.29) is 24.1 Å². The summed E-state index contributed by atoms with van der Waals surface area (Å²) < 4.78 is 14.7. The molecule has 9 heteroatoms. The second-order valence-electron chi connectivity index (χ2n) is 6.88. The Bertz CT molecular complexity index is 1140. The predicted molar refractivity (Wildman–Crippen MR) is 109 cm³/mol. The lowest BCUT2D eigenvalue weighted by Gasteiger charge is -2.24. The first-order valence-electron chi connectivity index (χ1n) is 9.22. The average molecular weight is 407 g/mol. The van der Waals surface area contributed by atoms with Gasteiger partial charge in [-0.3, -0.25) is 14.4 Å². The number of fused-ring (bicyclic) bond motifs is 1. The van der Waals surface area contributed by atoms with E-state index in [1.807, 2.05) is 0 Å². The Balaban J connectivity index is 1.60. The van der Waals surface area contributed by atoms with Crippen LogP contribution in [0.5, 0.6) is 0 Å². The van der Waals surface area contributed by atoms with Crippen LogP contribution < -0.4 is 16.0 Å². The van der Waals surface area contributed by atoms with E-state index in [9.17, 15) is 18.8 Å². The Hall–Kier alpha value is -4.01. The Labute approximate surface area is 171 Å². The molecule has 152 valence electrons. The molecule has 0 aliphatic carbocycles. The van der Waals surface area contributed by atoms with E-state index >= 15 is 0 Å². The summed E-state index contributed by atoms with van der Waals surface area (Å²) >= 11 is 0. The Morgan fingerprint density at radius 3 is 2.53 bits per heavy atom. The van der Waals surface area contributed by atoms with Crippen LogP contribution in [0.25, 0.3) is 11.1 Å². The van der Waals surface area contributed by atoms with Gasteiger partial charge in [-0.25, -0.2) is 9.07 Å². The van der Waals surface area contributed by atoms with Crippen LogP contribution in [0.3, 0.4) is 0 Å². The van der Waals surface area contributed by atoms with Gasteiger partial charge in [-0.15, -0.1) is 0 Å². The van der Waals surface area contributed by atoms with Crippen molar-refractivity contribution < 1.29 is 18.8 Å². The van der Waals surface area contributed by atoms with Crippen LogP contribution in [0.2, 0.25) is 0 Å². The van der Waals surface area contributed by atoms with Gasteiger partial charge in [0.25, 0.3) is 0 Å². The van der Waals surface area contributed by atoms with Crippen molar-refractivity contribution in [1.29, 1.82) is 0 Å². The summed E-state index contributed by atoms with van der Waals surface area (Å²) in [6.45, 7) is 1.39. The predicted octanol–water partition coefficient (Wildman–Crippen LogP) is 3.17. The number of amides is 3. The third-order valence-electron chi connectivity index (χ3n) is 4.64. The maximum atomic E-state index is 13.2. The topological polar surface area (TPSA) is 105 Å². The number of nitrogens with zero attached hydrogens (tertiary/aromatic N) is 2. The Kier molecular flexibility index (Phi) is 5.01. The molecule has 0 saturated heterocycles. The van der Waals surface area contributed by atoms with Crippen molar-refractivity contribution >= 4 is 34.9 Å². The molecule has 30 heavy (non-hydrogen) atoms. The first-order chi connectivity index (χ1) is 14.4. The summed E-state index contributed by atoms with van der Waals surface area (Å²) in [5.41, 5.74) is 2.28. The summed E-state index contributed by atoms with van der Waals surface area (Å²) in [6, 6.07) is 11.6. The van der Waals surface area contributed by atoms with Gasteiger partial charge in [-0.1, -0.05) is 18.2 Å². The Morgan fingerprint density at radius 2 is 1.83 bits per heavy atom. The van der Waals surface area contributed by atoms with Crippen LogP contribution in [0.15, 0.2) is 54.7 Å². The summed E-state index contributed by atoms with van der Waals surface area (Å²) in [5, 5.41) is 12.4. The lowest BCUT2D eigenvalue weighted by Crippen LogP contribution is -2.35. The third-order valence-corrected chi connectivity index (χ3v) is 4.64. The molecule has 1 aromatic heterocycles. The molecule has 0 fully saturated rings. The van der Waals surface area contributed by atoms with Crippen molar-refractivity contribution in [3.63, 3.8) is 0 Å². The number of aromatic nitrogens is 2. The maximum absolute atomic E-state index is 13.2. The standard InChI is InChI=1S/C21H18FN5O3/c1-12(28)24-15-3-2-4-16(9-15)25-21(30)18-10-19(29)26-20-17(11-23-27(18)20)13-5-7-14(22)8-6-13/h2-9,11,18H,10H2,1H3,(H,24,28)(H,25,30)(H,26,29)/t18-/m0/s1. The van der Waals surface area contributed by atoms with Crippen LogP contribution in [-0.4, -0.2) is 27.5 Å². The largest absolute Gasteiger partial charge is 0.326 e. The minimum Gasteiger partial charge on any atom is -0.326 e. The molecule has 8 nitrogen and oxygen atoms in total. The van der Waals surface area contributed by atoms with Crippen molar-refractivity contribution in [3.05, 3.63) is 60.5 Å². The van der Waals surface area contributed by atoms with Crippen LogP contribution in [0.4, 0.5) is 21.6 Å². The van der Waals surface area contributed by atoms with Crippen molar-refractivity contribution in [2.24, 2.45) is 0 Å². The molecule has 3 aromatic rings. The lowest BCUT2D eigenvalue weighted by atomic mass is 10.1. The number of nitrogens with one attached hydrogen (secondary N) is 3. The number of anilines is 3. The van der Waals surface area contributed by atoms with E-state index in [1.165, 1.54) is 29.9 Å². The molecule has 0 radical (unpaired) electrons. The number of rotatable bonds is 4. The zero-order valence-corrected chi connectivity index (χ0v) is 16.0. The van der Waals surface area contributed by atoms with E-state index in [4.69, 9.17) is 0 Å². The van der Waals surface area contributed by atoms with Crippen LogP contribution in [0.1, 0.15) is 19.4 Å². The van der Waals surface area contributed by atoms with Gasteiger partial charge in [-0.2, -0.15) is 5.10 Å². The second-order valence-corrected chi connectivity index (χ2v) is 6.88. The highest BCUT2D eigenvalue weighted by Crippen LogP contribution is 2.34. The zero-order valence-electron chi connectivity index (χ0n) is 16.0. The summed E-state index contributed by atoms with van der Waals surface area (Å²) in [5.74, 6) is -0.956. The molecule has 4 rings (SSSR count). The molecule has 0 unspecified atom stereocenters. The third kappa shape index (κ3) is 3.90. The van der Waals surface area contributed by atoms with Crippen molar-refractivity contribution in [2.45, 2.75) is 19.4 Å². The minimum atomic E-state index is -0.854. The molecule has 0 bridgehead atoms. The quantitative estimate of drug-likeness (QED) is 0.618. The van der Waals surface area contributed by atoms with Crippen molar-refractivity contribution in [1.82, 2.24) is 9.78 Å². The summed E-state index contributed by atoms with van der Waals surface area (Å²) in [4.78, 5) is 36.4. The molecule has 1 aliphatic rings. The fraction of sp³-hybridized carbons (Fsp3) is 0.143. The SMILES string of the molecule is CC(=O)Nc1cccc(NC(=O)[C@@H]2CC(=O)Nc3c(-c4ccc(F)cc4)cnn32)c1. The molecule has 1 atom stereocenters. The van der Waals surface area contributed by atoms with Gasteiger partial charge >= 0.3 is 0 Å². The highest BCUT2D eigenvalue weighted by Gasteiger charge is 2.33. The number of carbonyl (C=O) groups is 3. The van der Waals surface area contributed by atoms with Gasteiger partial charge in [0.05, 0.1) is 12.6 Å². The van der Waals surface area contributed by atoms with E-state index in [1.54, 1.807) is 36.4 Å². The first-order valence-corrected chi connectivity index (χ1v) is 9.22. The van der Waals surface area contributed by atoms with E-state index < -0.39 is 11.9 Å². The minimum absolute atomic E-state index is 0.0746. The molecule has 3 N–H and O–H groups in total. The van der Waals surface area contributed by atoms with E-state index in [0.29, 0.717) is 28.3 Å². The van der Waals surface area contributed by atoms with E-state index in [0.717, 1.165) is 0 Å². The van der Waals surface area contributed by atoms with Crippen molar-refractivity contribution in [3.8, 4) is 11.1 Å². The van der Waals surface area contributed by atoms with Gasteiger partial charge in [0.2, 0.25) is 17.7 Å². The zero-order chi connectivity index (χ0) is 21.3. The fourth-order valence-electron chi connectivity index (χ4n) is 3.32. The number of hydrogen-bond acceptors (Lipinski definition) is 4. The van der Waals surface area contributed by atoms with Gasteiger partial charge < -0.3 is 16.0 Å². The van der Waals surface area contributed by atoms with Gasteiger partial charge in [0.1, 0.15) is 17.7 Å². The highest BCUT2D eigenvalue weighted by atomic mass is 19.1. The normalized spacial score (nSPS) is 15.1. The van der Waals surface area contributed by atoms with Crippen molar-refractivity contribution in [2.75, 3.05) is 16.0 Å². The van der Waals surface area contributed by atoms with E-state index in [2.05, 4.69) is 21.0 Å². The molecule has 2 heterocycles. The maximum Gasteiger partial charge on any atom is 0.249 e. The number of carbonyl (C=O) groups excluding carboxylic acids is 3. The van der Waals surface area contributed by atoms with Crippen LogP contribution in [0, 0.1) is 5.82 Å². The second kappa shape index (κ2) is 7.78. The molecule has 3 amide bonds. The fourth-order valence-corrected chi connectivity index (χ4v) is 3.32. The molecule has 0 saturated carbocycles. The number of benzene rings is 2. The monoisotopic (exact) mass is 407 g/mol. The molecule has 1 aliphatic heterocycles. The van der Waals surface area contributed by atoms with Crippen LogP contribution >= 0.6 is 0 Å². The van der Waals surface area contributed by atoms with Gasteiger partial charge in [0.15, 0.2) is 0 Å². The number of hydrogen-bond donors (Lipinski definition) is 3. The summed E-state index contributed by atoms with van der Waals surface area (Å²) in [7, 11) is 0. The van der Waals surface area contributed by atoms with Gasteiger partial charge in [0, 0.05) is 23.9 Å². The molecule has 0 spiro atoms. The molecule has 2 aromatic carbocycles. The number of halogens is 1.